The number of amides is 2. The normalized spacial score (nSPS) is 14.3. The van der Waals surface area contributed by atoms with Gasteiger partial charge in [-0.25, -0.2) is 4.90 Å². The number of carbonyl (C=O) groups is 2. The van der Waals surface area contributed by atoms with Crippen LogP contribution in [0.3, 0.4) is 0 Å². The molecule has 1 aliphatic rings. The molecule has 0 saturated heterocycles. The maximum atomic E-state index is 12.7. The van der Waals surface area contributed by atoms with E-state index >= 15 is 0 Å². The Kier molecular flexibility index (Phi) is 4.14. The zero-order chi connectivity index (χ0) is 17.3. The fourth-order valence-electron chi connectivity index (χ4n) is 2.36. The van der Waals surface area contributed by atoms with Crippen LogP contribution in [0.15, 0.2) is 59.3 Å². The molecule has 0 spiro atoms. The van der Waals surface area contributed by atoms with Crippen LogP contribution in [0, 0.1) is 0 Å². The first-order valence-electron chi connectivity index (χ1n) is 7.01. The van der Waals surface area contributed by atoms with Crippen molar-refractivity contribution in [1.29, 1.82) is 0 Å². The Bertz CT molecular complexity index is 863. The summed E-state index contributed by atoms with van der Waals surface area (Å²) in [4.78, 5) is 26.0. The molecule has 122 valence electrons. The fraction of sp³-hybridized carbons (Fsp3) is 0.0588. The quantitative estimate of drug-likeness (QED) is 0.658. The largest absolute Gasteiger partial charge is 0.506 e. The molecule has 7 heteroatoms. The Morgan fingerprint density at radius 1 is 1.04 bits per heavy atom. The Balaban J connectivity index is 1.98. The molecule has 2 aromatic carbocycles. The number of aromatic hydroxyl groups is 1. The van der Waals surface area contributed by atoms with Gasteiger partial charge in [-0.15, -0.1) is 0 Å². The van der Waals surface area contributed by atoms with Crippen LogP contribution in [0.2, 0.25) is 0 Å². The monoisotopic (exact) mass is 344 g/mol. The molecule has 0 unspecified atom stereocenters. The number of carbonyl (C=O) groups excluding carboxylic acids is 2. The van der Waals surface area contributed by atoms with Crippen molar-refractivity contribution in [2.24, 2.45) is 0 Å². The number of nitrogens with zero attached hydrogens (tertiary/aromatic N) is 1. The lowest BCUT2D eigenvalue weighted by Crippen LogP contribution is -2.32. The van der Waals surface area contributed by atoms with Crippen LogP contribution in [0.1, 0.15) is 0 Å². The van der Waals surface area contributed by atoms with Crippen molar-refractivity contribution in [3.63, 3.8) is 0 Å². The van der Waals surface area contributed by atoms with Crippen LogP contribution >= 0.6 is 11.6 Å². The molecule has 2 N–H and O–H groups in total. The van der Waals surface area contributed by atoms with E-state index in [0.29, 0.717) is 11.4 Å². The summed E-state index contributed by atoms with van der Waals surface area (Å²) in [6.07, 6.45) is 0. The van der Waals surface area contributed by atoms with Crippen LogP contribution in [0.25, 0.3) is 0 Å². The highest BCUT2D eigenvalue weighted by molar-refractivity contribution is 6.53. The number of hydrogen-bond donors (Lipinski definition) is 2. The van der Waals surface area contributed by atoms with Crippen molar-refractivity contribution in [3.05, 3.63) is 59.3 Å². The van der Waals surface area contributed by atoms with Crippen LogP contribution in [-0.2, 0) is 9.59 Å². The first kappa shape index (κ1) is 15.9. The van der Waals surface area contributed by atoms with Gasteiger partial charge in [-0.05, 0) is 24.3 Å². The minimum absolute atomic E-state index is 0.0644. The van der Waals surface area contributed by atoms with E-state index in [0.717, 1.165) is 4.90 Å². The fourth-order valence-corrected chi connectivity index (χ4v) is 2.57. The van der Waals surface area contributed by atoms with Gasteiger partial charge >= 0.3 is 0 Å². The van der Waals surface area contributed by atoms with Gasteiger partial charge < -0.3 is 15.2 Å². The van der Waals surface area contributed by atoms with E-state index in [1.54, 1.807) is 42.5 Å². The molecule has 1 aliphatic heterocycles. The predicted octanol–water partition coefficient (Wildman–Crippen LogP) is 2.84. The summed E-state index contributed by atoms with van der Waals surface area (Å²) in [5.74, 6) is -0.986. The minimum atomic E-state index is -0.663. The van der Waals surface area contributed by atoms with E-state index in [1.807, 2.05) is 0 Å². The van der Waals surface area contributed by atoms with Gasteiger partial charge in [0.1, 0.15) is 22.2 Å². The molecule has 1 heterocycles. The van der Waals surface area contributed by atoms with E-state index in [9.17, 15) is 14.7 Å². The second kappa shape index (κ2) is 6.25. The molecule has 6 nitrogen and oxygen atoms in total. The lowest BCUT2D eigenvalue weighted by Gasteiger charge is -2.18. The number of methoxy groups -OCH3 is 1. The SMILES string of the molecule is COc1ccccc1N1C(=O)C(Cl)=C(Nc2ccccc2O)C1=O. The zero-order valence-electron chi connectivity index (χ0n) is 12.6. The maximum absolute atomic E-state index is 12.7. The zero-order valence-corrected chi connectivity index (χ0v) is 13.4. The molecular formula is C17H13ClN2O4. The third kappa shape index (κ3) is 2.57. The molecule has 0 saturated carbocycles. The first-order chi connectivity index (χ1) is 11.5. The number of anilines is 2. The summed E-state index contributed by atoms with van der Waals surface area (Å²) in [5, 5.41) is 12.3. The number of para-hydroxylation sites is 4. The van der Waals surface area contributed by atoms with E-state index in [1.165, 1.54) is 13.2 Å². The Morgan fingerprint density at radius 2 is 1.71 bits per heavy atom. The maximum Gasteiger partial charge on any atom is 0.283 e. The number of rotatable bonds is 4. The third-order valence-corrected chi connectivity index (χ3v) is 3.87. The Morgan fingerprint density at radius 3 is 2.42 bits per heavy atom. The highest BCUT2D eigenvalue weighted by Gasteiger charge is 2.40. The average molecular weight is 345 g/mol. The topological polar surface area (TPSA) is 78.9 Å². The van der Waals surface area contributed by atoms with Crippen molar-refractivity contribution >= 4 is 34.8 Å². The molecule has 0 aliphatic carbocycles. The number of ether oxygens (including phenoxy) is 1. The highest BCUT2D eigenvalue weighted by atomic mass is 35.5. The summed E-state index contributed by atoms with van der Waals surface area (Å²) in [7, 11) is 1.44. The Hall–Kier alpha value is -2.99. The van der Waals surface area contributed by atoms with Gasteiger partial charge in [0, 0.05) is 0 Å². The summed E-state index contributed by atoms with van der Waals surface area (Å²) in [5.41, 5.74) is 0.463. The Labute approximate surface area is 142 Å². The predicted molar refractivity (Wildman–Crippen MR) is 90.1 cm³/mol. The lowest BCUT2D eigenvalue weighted by molar-refractivity contribution is -0.120. The number of benzene rings is 2. The number of halogens is 1. The summed E-state index contributed by atoms with van der Waals surface area (Å²) in [6.45, 7) is 0. The van der Waals surface area contributed by atoms with Gasteiger partial charge in [0.25, 0.3) is 11.8 Å². The molecule has 0 atom stereocenters. The second-order valence-electron chi connectivity index (χ2n) is 4.95. The van der Waals surface area contributed by atoms with Crippen LogP contribution in [0.4, 0.5) is 11.4 Å². The van der Waals surface area contributed by atoms with Crippen molar-refractivity contribution in [2.75, 3.05) is 17.3 Å². The molecular weight excluding hydrogens is 332 g/mol. The van der Waals surface area contributed by atoms with Crippen LogP contribution < -0.4 is 15.0 Å². The molecule has 2 aromatic rings. The second-order valence-corrected chi connectivity index (χ2v) is 5.33. The number of imide groups is 1. The van der Waals surface area contributed by atoms with Crippen molar-refractivity contribution < 1.29 is 19.4 Å². The van der Waals surface area contributed by atoms with Gasteiger partial charge in [-0.1, -0.05) is 35.9 Å². The van der Waals surface area contributed by atoms with Crippen molar-refractivity contribution in [2.45, 2.75) is 0 Å². The first-order valence-corrected chi connectivity index (χ1v) is 7.39. The van der Waals surface area contributed by atoms with E-state index < -0.39 is 11.8 Å². The summed E-state index contributed by atoms with van der Waals surface area (Å²) in [6, 6.07) is 13.0. The highest BCUT2D eigenvalue weighted by Crippen LogP contribution is 2.36. The van der Waals surface area contributed by atoms with Gasteiger partial charge in [0.05, 0.1) is 18.5 Å². The van der Waals surface area contributed by atoms with Crippen LogP contribution in [0.5, 0.6) is 11.5 Å². The van der Waals surface area contributed by atoms with E-state index in [2.05, 4.69) is 5.32 Å². The average Bonchev–Trinajstić information content (AvgIpc) is 2.80. The number of nitrogens with one attached hydrogen (secondary N) is 1. The summed E-state index contributed by atoms with van der Waals surface area (Å²) >= 11 is 6.05. The molecule has 24 heavy (non-hydrogen) atoms. The van der Waals surface area contributed by atoms with E-state index in [4.69, 9.17) is 16.3 Å². The van der Waals surface area contributed by atoms with Crippen molar-refractivity contribution in [1.82, 2.24) is 0 Å². The molecule has 0 aromatic heterocycles. The number of phenols is 1. The molecule has 3 rings (SSSR count). The molecule has 0 bridgehead atoms. The third-order valence-electron chi connectivity index (χ3n) is 3.52. The lowest BCUT2D eigenvalue weighted by atomic mass is 10.2. The standard InChI is InChI=1S/C17H13ClN2O4/c1-24-13-9-5-3-7-11(13)20-16(22)14(18)15(17(20)23)19-10-6-2-4-8-12(10)21/h2-9,19,21H,1H3. The van der Waals surface area contributed by atoms with Crippen LogP contribution in [-0.4, -0.2) is 24.0 Å². The van der Waals surface area contributed by atoms with Gasteiger partial charge in [-0.2, -0.15) is 0 Å². The smallest absolute Gasteiger partial charge is 0.283 e. The van der Waals surface area contributed by atoms with Crippen molar-refractivity contribution in [3.8, 4) is 11.5 Å². The minimum Gasteiger partial charge on any atom is -0.506 e. The molecule has 0 radical (unpaired) electrons. The molecule has 0 fully saturated rings. The summed E-state index contributed by atoms with van der Waals surface area (Å²) < 4.78 is 5.19. The number of phenolic OH excluding ortho intramolecular Hbond substituents is 1. The van der Waals surface area contributed by atoms with Gasteiger partial charge in [-0.3, -0.25) is 9.59 Å². The van der Waals surface area contributed by atoms with E-state index in [-0.39, 0.29) is 22.2 Å². The molecule has 2 amide bonds. The van der Waals surface area contributed by atoms with Gasteiger partial charge in [0.2, 0.25) is 0 Å². The van der Waals surface area contributed by atoms with Gasteiger partial charge in [0.15, 0.2) is 0 Å². The number of hydrogen-bond acceptors (Lipinski definition) is 5.